The van der Waals surface area contributed by atoms with Crippen molar-refractivity contribution in [2.24, 2.45) is 0 Å². The van der Waals surface area contributed by atoms with Gasteiger partial charge in [-0.15, -0.1) is 0 Å². The van der Waals surface area contributed by atoms with Crippen LogP contribution in [0.3, 0.4) is 0 Å². The first-order valence-electron chi connectivity index (χ1n) is 5.69. The van der Waals surface area contributed by atoms with Crippen molar-refractivity contribution < 1.29 is 9.53 Å². The van der Waals surface area contributed by atoms with Crippen molar-refractivity contribution in [1.29, 1.82) is 0 Å². The van der Waals surface area contributed by atoms with Crippen molar-refractivity contribution in [2.75, 3.05) is 44.8 Å². The summed E-state index contributed by atoms with van der Waals surface area (Å²) in [6, 6.07) is 0. The molecule has 0 aliphatic carbocycles. The van der Waals surface area contributed by atoms with Crippen molar-refractivity contribution in [3.63, 3.8) is 0 Å². The number of hydrogen-bond acceptors (Lipinski definition) is 5. The van der Waals surface area contributed by atoms with Crippen molar-refractivity contribution in [3.8, 4) is 0 Å². The predicted octanol–water partition coefficient (Wildman–Crippen LogP) is 0.534. The molecule has 98 valence electrons. The largest absolute Gasteiger partial charge is 0.383 e. The molecule has 7 heteroatoms. The van der Waals surface area contributed by atoms with Gasteiger partial charge in [0, 0.05) is 32.9 Å². The molecular weight excluding hydrogens is 300 g/mol. The first-order chi connectivity index (χ1) is 8.72. The number of ether oxygens (including phenoxy) is 1. The molecule has 1 fully saturated rings. The average molecular weight is 315 g/mol. The fourth-order valence-electron chi connectivity index (χ4n) is 1.87. The van der Waals surface area contributed by atoms with Crippen LogP contribution in [0.4, 0.5) is 5.82 Å². The van der Waals surface area contributed by atoms with Gasteiger partial charge in [0.25, 0.3) is 0 Å². The number of amides is 1. The monoisotopic (exact) mass is 314 g/mol. The Morgan fingerprint density at radius 2 is 2.33 bits per heavy atom. The molecule has 6 nitrogen and oxygen atoms in total. The third kappa shape index (κ3) is 2.97. The van der Waals surface area contributed by atoms with E-state index < -0.39 is 0 Å². The zero-order chi connectivity index (χ0) is 13.0. The van der Waals surface area contributed by atoms with E-state index in [0.29, 0.717) is 26.2 Å². The van der Waals surface area contributed by atoms with Crippen LogP contribution in [-0.4, -0.2) is 60.7 Å². The second-order valence-electron chi connectivity index (χ2n) is 3.99. The lowest BCUT2D eigenvalue weighted by Gasteiger charge is -2.35. The highest BCUT2D eigenvalue weighted by Crippen LogP contribution is 2.23. The molecule has 0 atom stereocenters. The number of carbonyl (C=O) groups excluding carboxylic acids is 1. The first kappa shape index (κ1) is 13.2. The number of aromatic nitrogens is 2. The van der Waals surface area contributed by atoms with Crippen LogP contribution < -0.4 is 4.90 Å². The second kappa shape index (κ2) is 6.10. The van der Waals surface area contributed by atoms with Crippen LogP contribution in [0.15, 0.2) is 17.0 Å². The Kier molecular flexibility index (Phi) is 4.48. The Morgan fingerprint density at radius 1 is 1.50 bits per heavy atom. The zero-order valence-electron chi connectivity index (χ0n) is 10.2. The van der Waals surface area contributed by atoms with Gasteiger partial charge in [-0.05, 0) is 15.9 Å². The van der Waals surface area contributed by atoms with E-state index in [-0.39, 0.29) is 5.91 Å². The fraction of sp³-hybridized carbons (Fsp3) is 0.545. The van der Waals surface area contributed by atoms with Crippen LogP contribution in [-0.2, 0) is 9.53 Å². The lowest BCUT2D eigenvalue weighted by molar-refractivity contribution is -0.131. The van der Waals surface area contributed by atoms with E-state index in [1.165, 1.54) is 6.33 Å². The molecule has 1 amide bonds. The smallest absolute Gasteiger partial charge is 0.242 e. The molecule has 0 spiro atoms. The standard InChI is InChI=1S/C11H15BrN4O2/c1-18-5-4-15-2-3-16(7-10(15)17)11-9(12)6-13-8-14-11/h6,8H,2-5,7H2,1H3. The maximum Gasteiger partial charge on any atom is 0.242 e. The maximum atomic E-state index is 12.0. The number of rotatable bonds is 4. The molecule has 0 aromatic carbocycles. The quantitative estimate of drug-likeness (QED) is 0.811. The van der Waals surface area contributed by atoms with Gasteiger partial charge < -0.3 is 14.5 Å². The van der Waals surface area contributed by atoms with Crippen LogP contribution in [0, 0.1) is 0 Å². The molecule has 18 heavy (non-hydrogen) atoms. The molecule has 2 heterocycles. The maximum absolute atomic E-state index is 12.0. The summed E-state index contributed by atoms with van der Waals surface area (Å²) >= 11 is 3.40. The summed E-state index contributed by atoms with van der Waals surface area (Å²) in [5, 5.41) is 0. The van der Waals surface area contributed by atoms with Gasteiger partial charge in [0.1, 0.15) is 12.1 Å². The van der Waals surface area contributed by atoms with Gasteiger partial charge in [-0.1, -0.05) is 0 Å². The van der Waals surface area contributed by atoms with Gasteiger partial charge in [0.05, 0.1) is 17.6 Å². The highest BCUT2D eigenvalue weighted by Gasteiger charge is 2.25. The molecule has 1 saturated heterocycles. The highest BCUT2D eigenvalue weighted by atomic mass is 79.9. The van der Waals surface area contributed by atoms with E-state index in [4.69, 9.17) is 4.74 Å². The van der Waals surface area contributed by atoms with Gasteiger partial charge in [-0.2, -0.15) is 0 Å². The topological polar surface area (TPSA) is 58.6 Å². The summed E-state index contributed by atoms with van der Waals surface area (Å²) in [6.07, 6.45) is 3.17. The van der Waals surface area contributed by atoms with Crippen molar-refractivity contribution in [3.05, 3.63) is 17.0 Å². The van der Waals surface area contributed by atoms with Crippen LogP contribution in [0.2, 0.25) is 0 Å². The number of hydrogen-bond donors (Lipinski definition) is 0. The Balaban J connectivity index is 2.00. The second-order valence-corrected chi connectivity index (χ2v) is 4.84. The lowest BCUT2D eigenvalue weighted by atomic mass is 10.3. The number of nitrogens with zero attached hydrogens (tertiary/aromatic N) is 4. The number of halogens is 1. The van der Waals surface area contributed by atoms with Gasteiger partial charge in [0.2, 0.25) is 5.91 Å². The van der Waals surface area contributed by atoms with Crippen LogP contribution in [0.5, 0.6) is 0 Å². The fourth-order valence-corrected chi connectivity index (χ4v) is 2.34. The molecule has 1 aromatic heterocycles. The van der Waals surface area contributed by atoms with Crippen LogP contribution in [0.1, 0.15) is 0 Å². The van der Waals surface area contributed by atoms with Gasteiger partial charge in [-0.3, -0.25) is 4.79 Å². The molecule has 0 radical (unpaired) electrons. The van der Waals surface area contributed by atoms with Crippen molar-refractivity contribution in [1.82, 2.24) is 14.9 Å². The van der Waals surface area contributed by atoms with Crippen molar-refractivity contribution in [2.45, 2.75) is 0 Å². The normalized spacial score (nSPS) is 16.2. The third-order valence-electron chi connectivity index (χ3n) is 2.83. The molecule has 0 N–H and O–H groups in total. The highest BCUT2D eigenvalue weighted by molar-refractivity contribution is 9.10. The predicted molar refractivity (Wildman–Crippen MR) is 70.4 cm³/mol. The number of carbonyl (C=O) groups is 1. The van der Waals surface area contributed by atoms with Gasteiger partial charge in [-0.25, -0.2) is 9.97 Å². The van der Waals surface area contributed by atoms with Gasteiger partial charge in [0.15, 0.2) is 0 Å². The summed E-state index contributed by atoms with van der Waals surface area (Å²) in [4.78, 5) is 23.8. The van der Waals surface area contributed by atoms with Crippen molar-refractivity contribution >= 4 is 27.7 Å². The lowest BCUT2D eigenvalue weighted by Crippen LogP contribution is -2.51. The number of anilines is 1. The summed E-state index contributed by atoms with van der Waals surface area (Å²) in [5.74, 6) is 0.869. The molecule has 0 unspecified atom stereocenters. The number of methoxy groups -OCH3 is 1. The molecular formula is C11H15BrN4O2. The van der Waals surface area contributed by atoms with Crippen LogP contribution >= 0.6 is 15.9 Å². The van der Waals surface area contributed by atoms with Crippen LogP contribution in [0.25, 0.3) is 0 Å². The molecule has 0 saturated carbocycles. The molecule has 2 rings (SSSR count). The minimum Gasteiger partial charge on any atom is -0.383 e. The summed E-state index contributed by atoms with van der Waals surface area (Å²) < 4.78 is 5.80. The minimum absolute atomic E-state index is 0.101. The van der Waals surface area contributed by atoms with Gasteiger partial charge >= 0.3 is 0 Å². The Labute approximate surface area is 114 Å². The molecule has 1 aliphatic heterocycles. The van der Waals surface area contributed by atoms with E-state index >= 15 is 0 Å². The Bertz CT molecular complexity index is 429. The molecule has 0 bridgehead atoms. The zero-order valence-corrected chi connectivity index (χ0v) is 11.8. The van der Waals surface area contributed by atoms with E-state index in [2.05, 4.69) is 25.9 Å². The first-order valence-corrected chi connectivity index (χ1v) is 6.49. The average Bonchev–Trinajstić information content (AvgIpc) is 2.38. The van der Waals surface area contributed by atoms with E-state index in [1.54, 1.807) is 13.3 Å². The Hall–Kier alpha value is -1.21. The summed E-state index contributed by atoms with van der Waals surface area (Å²) in [6.45, 7) is 3.03. The molecule has 1 aliphatic rings. The Morgan fingerprint density at radius 3 is 3.00 bits per heavy atom. The van der Waals surface area contributed by atoms with E-state index in [1.807, 2.05) is 9.80 Å². The van der Waals surface area contributed by atoms with E-state index in [0.717, 1.165) is 16.8 Å². The molecule has 1 aromatic rings. The third-order valence-corrected chi connectivity index (χ3v) is 3.39. The van der Waals surface area contributed by atoms with E-state index in [9.17, 15) is 4.79 Å². The summed E-state index contributed by atoms with van der Waals surface area (Å²) in [5.41, 5.74) is 0. The minimum atomic E-state index is 0.101. The number of piperazine rings is 1. The SMILES string of the molecule is COCCN1CCN(c2ncncc2Br)CC1=O. The summed E-state index contributed by atoms with van der Waals surface area (Å²) in [7, 11) is 1.64.